The minimum absolute atomic E-state index is 0.0553. The largest absolute Gasteiger partial charge is 0.416 e. The Balaban J connectivity index is 2.26. The summed E-state index contributed by atoms with van der Waals surface area (Å²) in [4.78, 5) is 1.01. The van der Waals surface area contributed by atoms with Crippen LogP contribution in [0.1, 0.15) is 23.4 Å². The molecule has 0 aliphatic rings. The SMILES string of the molecule is CC(Nc1cc(Cl)cc(C(F)(F)F)c1)c1sccc1Br. The predicted octanol–water partition coefficient (Wildman–Crippen LogP) is 6.36. The number of anilines is 1. The zero-order chi connectivity index (χ0) is 14.9. The van der Waals surface area contributed by atoms with Gasteiger partial charge in [-0.15, -0.1) is 11.3 Å². The van der Waals surface area contributed by atoms with Crippen molar-refractivity contribution in [3.05, 3.63) is 49.6 Å². The minimum atomic E-state index is -4.41. The first-order valence-corrected chi connectivity index (χ1v) is 7.69. The molecule has 0 bridgehead atoms. The summed E-state index contributed by atoms with van der Waals surface area (Å²) in [6, 6.07) is 5.23. The maximum atomic E-state index is 12.7. The molecule has 0 spiro atoms. The van der Waals surface area contributed by atoms with Crippen LogP contribution >= 0.6 is 38.9 Å². The molecule has 0 amide bonds. The molecular formula is C13H10BrClF3NS. The topological polar surface area (TPSA) is 12.0 Å². The van der Waals surface area contributed by atoms with Crippen molar-refractivity contribution in [3.8, 4) is 0 Å². The molecule has 108 valence electrons. The lowest BCUT2D eigenvalue weighted by molar-refractivity contribution is -0.137. The van der Waals surface area contributed by atoms with Crippen molar-refractivity contribution in [2.75, 3.05) is 5.32 Å². The maximum absolute atomic E-state index is 12.7. The van der Waals surface area contributed by atoms with Crippen LogP contribution in [0.3, 0.4) is 0 Å². The summed E-state index contributed by atoms with van der Waals surface area (Å²) >= 11 is 10.7. The summed E-state index contributed by atoms with van der Waals surface area (Å²) < 4.78 is 39.1. The lowest BCUT2D eigenvalue weighted by Gasteiger charge is -2.16. The third-order valence-corrected chi connectivity index (χ3v) is 4.92. The van der Waals surface area contributed by atoms with Gasteiger partial charge in [-0.25, -0.2) is 0 Å². The van der Waals surface area contributed by atoms with Gasteiger partial charge in [0.15, 0.2) is 0 Å². The van der Waals surface area contributed by atoms with Crippen LogP contribution in [0.4, 0.5) is 18.9 Å². The van der Waals surface area contributed by atoms with Crippen molar-refractivity contribution in [1.82, 2.24) is 0 Å². The van der Waals surface area contributed by atoms with Crippen LogP contribution in [0.5, 0.6) is 0 Å². The Labute approximate surface area is 131 Å². The molecule has 0 radical (unpaired) electrons. The summed E-state index contributed by atoms with van der Waals surface area (Å²) in [6.45, 7) is 1.88. The van der Waals surface area contributed by atoms with Crippen LogP contribution in [0.15, 0.2) is 34.1 Å². The van der Waals surface area contributed by atoms with E-state index in [1.807, 2.05) is 18.4 Å². The molecule has 1 aromatic heterocycles. The highest BCUT2D eigenvalue weighted by Crippen LogP contribution is 2.35. The number of thiophene rings is 1. The predicted molar refractivity (Wildman–Crippen MR) is 80.5 cm³/mol. The standard InChI is InChI=1S/C13H10BrClF3NS/c1-7(12-11(14)2-3-20-12)19-10-5-8(13(16,17)18)4-9(15)6-10/h2-7,19H,1H3. The second-order valence-electron chi connectivity index (χ2n) is 4.23. The Kier molecular flexibility index (Phi) is 4.66. The Morgan fingerprint density at radius 2 is 2.00 bits per heavy atom. The number of nitrogens with one attached hydrogen (secondary N) is 1. The van der Waals surface area contributed by atoms with Crippen molar-refractivity contribution in [1.29, 1.82) is 0 Å². The van der Waals surface area contributed by atoms with Gasteiger partial charge in [0, 0.05) is 20.1 Å². The van der Waals surface area contributed by atoms with E-state index in [4.69, 9.17) is 11.6 Å². The zero-order valence-electron chi connectivity index (χ0n) is 10.3. The molecule has 1 nitrogen and oxygen atoms in total. The smallest absolute Gasteiger partial charge is 0.378 e. The molecule has 0 fully saturated rings. The molecule has 7 heteroatoms. The highest BCUT2D eigenvalue weighted by Gasteiger charge is 2.31. The van der Waals surface area contributed by atoms with Crippen molar-refractivity contribution in [3.63, 3.8) is 0 Å². The summed E-state index contributed by atoms with van der Waals surface area (Å²) in [7, 11) is 0. The van der Waals surface area contributed by atoms with Gasteiger partial charge < -0.3 is 5.32 Å². The molecular weight excluding hydrogens is 375 g/mol. The van der Waals surface area contributed by atoms with Gasteiger partial charge >= 0.3 is 6.18 Å². The van der Waals surface area contributed by atoms with Crippen LogP contribution in [0, 0.1) is 0 Å². The summed E-state index contributed by atoms with van der Waals surface area (Å²) in [5.41, 5.74) is -0.414. The molecule has 2 rings (SSSR count). The molecule has 1 N–H and O–H groups in total. The molecule has 1 heterocycles. The van der Waals surface area contributed by atoms with Crippen LogP contribution in [0.25, 0.3) is 0 Å². The van der Waals surface area contributed by atoms with Gasteiger partial charge in [-0.3, -0.25) is 0 Å². The molecule has 2 aromatic rings. The Morgan fingerprint density at radius 1 is 1.30 bits per heavy atom. The molecule has 20 heavy (non-hydrogen) atoms. The Bertz CT molecular complexity index is 612. The van der Waals surface area contributed by atoms with Crippen LogP contribution in [0.2, 0.25) is 5.02 Å². The van der Waals surface area contributed by atoms with E-state index in [1.165, 1.54) is 17.4 Å². The summed E-state index contributed by atoms with van der Waals surface area (Å²) in [5, 5.41) is 5.00. The second kappa shape index (κ2) is 5.95. The summed E-state index contributed by atoms with van der Waals surface area (Å²) in [5.74, 6) is 0. The van der Waals surface area contributed by atoms with E-state index >= 15 is 0 Å². The number of benzene rings is 1. The van der Waals surface area contributed by atoms with E-state index in [-0.39, 0.29) is 11.1 Å². The van der Waals surface area contributed by atoms with Crippen molar-refractivity contribution < 1.29 is 13.2 Å². The van der Waals surface area contributed by atoms with E-state index < -0.39 is 11.7 Å². The van der Waals surface area contributed by atoms with Gasteiger partial charge in [0.25, 0.3) is 0 Å². The van der Waals surface area contributed by atoms with Gasteiger partial charge in [-0.1, -0.05) is 11.6 Å². The van der Waals surface area contributed by atoms with Gasteiger partial charge in [-0.05, 0) is 52.5 Å². The second-order valence-corrected chi connectivity index (χ2v) is 6.46. The van der Waals surface area contributed by atoms with Gasteiger partial charge in [0.05, 0.1) is 11.6 Å². The van der Waals surface area contributed by atoms with Gasteiger partial charge in [0.2, 0.25) is 0 Å². The molecule has 0 saturated carbocycles. The quantitative estimate of drug-likeness (QED) is 0.649. The number of rotatable bonds is 3. The highest BCUT2D eigenvalue weighted by atomic mass is 79.9. The van der Waals surface area contributed by atoms with Crippen LogP contribution in [-0.2, 0) is 6.18 Å². The number of alkyl halides is 3. The third kappa shape index (κ3) is 3.68. The number of hydrogen-bond acceptors (Lipinski definition) is 2. The van der Waals surface area contributed by atoms with Gasteiger partial charge in [-0.2, -0.15) is 13.2 Å². The summed E-state index contributed by atoms with van der Waals surface area (Å²) in [6.07, 6.45) is -4.41. The monoisotopic (exact) mass is 383 g/mol. The fourth-order valence-electron chi connectivity index (χ4n) is 1.77. The average molecular weight is 385 g/mol. The fraction of sp³-hybridized carbons (Fsp3) is 0.231. The van der Waals surface area contributed by atoms with Crippen molar-refractivity contribution >= 4 is 44.6 Å². The number of halogens is 5. The van der Waals surface area contributed by atoms with E-state index in [2.05, 4.69) is 21.2 Å². The lowest BCUT2D eigenvalue weighted by atomic mass is 10.1. The van der Waals surface area contributed by atoms with Gasteiger partial charge in [0.1, 0.15) is 0 Å². The molecule has 1 atom stereocenters. The van der Waals surface area contributed by atoms with Crippen molar-refractivity contribution in [2.24, 2.45) is 0 Å². The van der Waals surface area contributed by atoms with E-state index in [1.54, 1.807) is 0 Å². The third-order valence-electron chi connectivity index (χ3n) is 2.65. The first kappa shape index (κ1) is 15.7. The molecule has 1 aromatic carbocycles. The van der Waals surface area contributed by atoms with E-state index in [9.17, 15) is 13.2 Å². The normalized spacial score (nSPS) is 13.3. The van der Waals surface area contributed by atoms with E-state index in [0.29, 0.717) is 5.69 Å². The minimum Gasteiger partial charge on any atom is -0.378 e. The highest BCUT2D eigenvalue weighted by molar-refractivity contribution is 9.10. The Hall–Kier alpha value is -0.720. The molecule has 0 saturated heterocycles. The molecule has 0 aliphatic carbocycles. The maximum Gasteiger partial charge on any atom is 0.416 e. The molecule has 1 unspecified atom stereocenters. The molecule has 0 aliphatic heterocycles. The zero-order valence-corrected chi connectivity index (χ0v) is 13.4. The number of hydrogen-bond donors (Lipinski definition) is 1. The Morgan fingerprint density at radius 3 is 2.55 bits per heavy atom. The van der Waals surface area contributed by atoms with E-state index in [0.717, 1.165) is 21.5 Å². The fourth-order valence-corrected chi connectivity index (χ4v) is 3.73. The van der Waals surface area contributed by atoms with Crippen LogP contribution in [-0.4, -0.2) is 0 Å². The van der Waals surface area contributed by atoms with Crippen molar-refractivity contribution in [2.45, 2.75) is 19.1 Å². The first-order valence-electron chi connectivity index (χ1n) is 5.64. The average Bonchev–Trinajstić information content (AvgIpc) is 2.73. The van der Waals surface area contributed by atoms with Crippen LogP contribution < -0.4 is 5.32 Å². The first-order chi connectivity index (χ1) is 9.27. The lowest BCUT2D eigenvalue weighted by Crippen LogP contribution is -2.09.